The van der Waals surface area contributed by atoms with Gasteiger partial charge in [0.15, 0.2) is 0 Å². The molecule has 1 N–H and O–H groups in total. The zero-order valence-corrected chi connectivity index (χ0v) is 19.9. The summed E-state index contributed by atoms with van der Waals surface area (Å²) in [6.45, 7) is 5.46. The molecule has 0 saturated carbocycles. The standard InChI is InChI=1S/C27H31N3OS/c1-20-8-12-22(13-9-20)16-24(18-31-19-32-3)30-26-7-5-4-6-25(26)29(27(30)28)17-23-14-10-21(2)11-15-23/h4-15,24,28H,16-19H2,1-3H3. The van der Waals surface area contributed by atoms with E-state index in [4.69, 9.17) is 10.1 Å². The number of fused-ring (bicyclic) bond motifs is 1. The number of benzene rings is 3. The molecule has 1 heterocycles. The zero-order chi connectivity index (χ0) is 22.5. The lowest BCUT2D eigenvalue weighted by atomic mass is 10.0. The molecule has 0 aliphatic carbocycles. The van der Waals surface area contributed by atoms with Crippen LogP contribution in [0.2, 0.25) is 0 Å². The van der Waals surface area contributed by atoms with E-state index in [1.807, 2.05) is 6.26 Å². The molecule has 3 aromatic carbocycles. The maximum absolute atomic E-state index is 9.14. The lowest BCUT2D eigenvalue weighted by molar-refractivity contribution is 0.141. The van der Waals surface area contributed by atoms with Crippen molar-refractivity contribution < 1.29 is 4.74 Å². The van der Waals surface area contributed by atoms with Crippen LogP contribution in [-0.2, 0) is 17.7 Å². The predicted octanol–water partition coefficient (Wildman–Crippen LogP) is 5.71. The summed E-state index contributed by atoms with van der Waals surface area (Å²) in [5.41, 5.74) is 7.63. The summed E-state index contributed by atoms with van der Waals surface area (Å²) in [6.07, 6.45) is 2.87. The Kier molecular flexibility index (Phi) is 7.18. The number of aromatic nitrogens is 2. The minimum Gasteiger partial charge on any atom is -0.369 e. The van der Waals surface area contributed by atoms with Crippen molar-refractivity contribution in [2.45, 2.75) is 32.9 Å². The quantitative estimate of drug-likeness (QED) is 0.265. The molecule has 1 aromatic heterocycles. The molecular formula is C27H31N3OS. The molecule has 1 unspecified atom stereocenters. The van der Waals surface area contributed by atoms with E-state index in [2.05, 4.69) is 95.8 Å². The van der Waals surface area contributed by atoms with Crippen molar-refractivity contribution >= 4 is 22.8 Å². The molecule has 0 bridgehead atoms. The van der Waals surface area contributed by atoms with Crippen LogP contribution in [0.15, 0.2) is 72.8 Å². The van der Waals surface area contributed by atoms with Gasteiger partial charge in [-0.15, -0.1) is 11.8 Å². The SMILES string of the molecule is CSCOCC(Cc1ccc(C)cc1)n1c(=N)n(Cc2ccc(C)cc2)c2ccccc21. The van der Waals surface area contributed by atoms with Crippen molar-refractivity contribution in [1.29, 1.82) is 5.41 Å². The third kappa shape index (κ3) is 5.00. The van der Waals surface area contributed by atoms with Gasteiger partial charge in [-0.1, -0.05) is 71.8 Å². The van der Waals surface area contributed by atoms with Gasteiger partial charge in [0.05, 0.1) is 36.2 Å². The second-order valence-electron chi connectivity index (χ2n) is 8.37. The second kappa shape index (κ2) is 10.2. The Morgan fingerprint density at radius 2 is 1.44 bits per heavy atom. The van der Waals surface area contributed by atoms with E-state index in [1.165, 1.54) is 22.3 Å². The average Bonchev–Trinajstić information content (AvgIpc) is 3.07. The van der Waals surface area contributed by atoms with Gasteiger partial charge >= 0.3 is 0 Å². The summed E-state index contributed by atoms with van der Waals surface area (Å²) in [7, 11) is 0. The van der Waals surface area contributed by atoms with Crippen molar-refractivity contribution in [3.05, 3.63) is 101 Å². The van der Waals surface area contributed by atoms with Crippen LogP contribution in [0.1, 0.15) is 28.3 Å². The Balaban J connectivity index is 1.76. The molecule has 4 rings (SSSR count). The fourth-order valence-corrected chi connectivity index (χ4v) is 4.41. The van der Waals surface area contributed by atoms with Gasteiger partial charge in [0.1, 0.15) is 0 Å². The number of hydrogen-bond acceptors (Lipinski definition) is 3. The monoisotopic (exact) mass is 445 g/mol. The Hall–Kier alpha value is -2.76. The van der Waals surface area contributed by atoms with Crippen molar-refractivity contribution in [1.82, 2.24) is 9.13 Å². The van der Waals surface area contributed by atoms with Crippen molar-refractivity contribution in [3.63, 3.8) is 0 Å². The number of ether oxygens (including phenoxy) is 1. The molecule has 0 saturated heterocycles. The first-order valence-corrected chi connectivity index (χ1v) is 12.4. The third-order valence-electron chi connectivity index (χ3n) is 5.85. The van der Waals surface area contributed by atoms with Crippen LogP contribution in [-0.4, -0.2) is 27.9 Å². The Morgan fingerprint density at radius 1 is 0.844 bits per heavy atom. The summed E-state index contributed by atoms with van der Waals surface area (Å²) in [6, 6.07) is 25.6. The van der Waals surface area contributed by atoms with Gasteiger partial charge in [0.25, 0.3) is 0 Å². The van der Waals surface area contributed by atoms with E-state index in [9.17, 15) is 0 Å². The highest BCUT2D eigenvalue weighted by molar-refractivity contribution is 7.98. The first kappa shape index (κ1) is 22.4. The Labute approximate surface area is 194 Å². The van der Waals surface area contributed by atoms with E-state index in [0.29, 0.717) is 24.7 Å². The summed E-state index contributed by atoms with van der Waals surface area (Å²) in [4.78, 5) is 0. The van der Waals surface area contributed by atoms with Gasteiger partial charge in [-0.2, -0.15) is 0 Å². The van der Waals surface area contributed by atoms with Gasteiger partial charge in [0.2, 0.25) is 5.62 Å². The highest BCUT2D eigenvalue weighted by atomic mass is 32.2. The van der Waals surface area contributed by atoms with Crippen molar-refractivity contribution in [3.8, 4) is 0 Å². The molecule has 0 spiro atoms. The Morgan fingerprint density at radius 3 is 2.06 bits per heavy atom. The zero-order valence-electron chi connectivity index (χ0n) is 19.0. The van der Waals surface area contributed by atoms with Crippen LogP contribution < -0.4 is 5.62 Å². The maximum Gasteiger partial charge on any atom is 0.203 e. The van der Waals surface area contributed by atoms with E-state index in [0.717, 1.165) is 17.5 Å². The number of aryl methyl sites for hydroxylation is 2. The van der Waals surface area contributed by atoms with E-state index >= 15 is 0 Å². The van der Waals surface area contributed by atoms with Gasteiger partial charge in [-0.05, 0) is 49.8 Å². The van der Waals surface area contributed by atoms with Crippen LogP contribution >= 0.6 is 11.8 Å². The average molecular weight is 446 g/mol. The number of nitrogens with one attached hydrogen (secondary N) is 1. The molecular weight excluding hydrogens is 414 g/mol. The molecule has 4 nitrogen and oxygen atoms in total. The van der Waals surface area contributed by atoms with Gasteiger partial charge in [-0.3, -0.25) is 5.41 Å². The van der Waals surface area contributed by atoms with Crippen molar-refractivity contribution in [2.24, 2.45) is 0 Å². The van der Waals surface area contributed by atoms with Gasteiger partial charge in [0, 0.05) is 0 Å². The minimum absolute atomic E-state index is 0.0431. The molecule has 0 amide bonds. The normalized spacial score (nSPS) is 12.3. The summed E-state index contributed by atoms with van der Waals surface area (Å²) in [5, 5.41) is 9.14. The van der Waals surface area contributed by atoms with E-state index in [-0.39, 0.29) is 6.04 Å². The molecule has 0 fully saturated rings. The van der Waals surface area contributed by atoms with Crippen LogP contribution in [0, 0.1) is 19.3 Å². The molecule has 0 aliphatic heterocycles. The van der Waals surface area contributed by atoms with Crippen molar-refractivity contribution in [2.75, 3.05) is 18.8 Å². The molecule has 0 radical (unpaired) electrons. The first-order valence-electron chi connectivity index (χ1n) is 11.0. The van der Waals surface area contributed by atoms with Crippen LogP contribution in [0.25, 0.3) is 11.0 Å². The molecule has 4 aromatic rings. The van der Waals surface area contributed by atoms with E-state index < -0.39 is 0 Å². The van der Waals surface area contributed by atoms with Gasteiger partial charge in [-0.25, -0.2) is 0 Å². The largest absolute Gasteiger partial charge is 0.369 e. The highest BCUT2D eigenvalue weighted by Gasteiger charge is 2.20. The highest BCUT2D eigenvalue weighted by Crippen LogP contribution is 2.22. The number of imidazole rings is 1. The predicted molar refractivity (Wildman–Crippen MR) is 134 cm³/mol. The number of nitrogens with zero attached hydrogens (tertiary/aromatic N) is 2. The minimum atomic E-state index is 0.0431. The molecule has 0 aliphatic rings. The van der Waals surface area contributed by atoms with Crippen LogP contribution in [0.5, 0.6) is 0 Å². The summed E-state index contributed by atoms with van der Waals surface area (Å²) < 4.78 is 10.3. The number of para-hydroxylation sites is 2. The number of hydrogen-bond donors (Lipinski definition) is 1. The maximum atomic E-state index is 9.14. The summed E-state index contributed by atoms with van der Waals surface area (Å²) >= 11 is 1.68. The van der Waals surface area contributed by atoms with Crippen LogP contribution in [0.3, 0.4) is 0 Å². The summed E-state index contributed by atoms with van der Waals surface area (Å²) in [5.74, 6) is 0.653. The number of thioether (sulfide) groups is 1. The van der Waals surface area contributed by atoms with Gasteiger partial charge < -0.3 is 13.9 Å². The molecule has 166 valence electrons. The Bertz CT molecular complexity index is 1220. The second-order valence-corrected chi connectivity index (χ2v) is 9.19. The topological polar surface area (TPSA) is 42.9 Å². The molecule has 32 heavy (non-hydrogen) atoms. The van der Waals surface area contributed by atoms with Crippen LogP contribution in [0.4, 0.5) is 0 Å². The first-order chi connectivity index (χ1) is 15.6. The molecule has 5 heteroatoms. The fourth-order valence-electron chi connectivity index (χ4n) is 4.15. The third-order valence-corrected chi connectivity index (χ3v) is 6.25. The smallest absolute Gasteiger partial charge is 0.203 e. The lowest BCUT2D eigenvalue weighted by Gasteiger charge is -2.20. The number of rotatable bonds is 9. The van der Waals surface area contributed by atoms with E-state index in [1.54, 1.807) is 11.8 Å². The fraction of sp³-hybridized carbons (Fsp3) is 0.296. The lowest BCUT2D eigenvalue weighted by Crippen LogP contribution is -2.31. The molecule has 1 atom stereocenters.